The van der Waals surface area contributed by atoms with Crippen LogP contribution in [0.5, 0.6) is 0 Å². The molecule has 68 heavy (non-hydrogen) atoms. The number of benzene rings is 9. The van der Waals surface area contributed by atoms with Gasteiger partial charge in [0.1, 0.15) is 0 Å². The molecule has 0 saturated carbocycles. The van der Waals surface area contributed by atoms with Gasteiger partial charge in [-0.1, -0.05) is 194 Å². The summed E-state index contributed by atoms with van der Waals surface area (Å²) in [6.07, 6.45) is 0. The van der Waals surface area contributed by atoms with Gasteiger partial charge in [0.15, 0.2) is 29.1 Å². The van der Waals surface area contributed by atoms with Crippen molar-refractivity contribution in [1.82, 2.24) is 39.0 Å². The first-order valence-electron chi connectivity index (χ1n) is 22.6. The highest BCUT2D eigenvalue weighted by molar-refractivity contribution is 6.19. The molecule has 0 aliphatic heterocycles. The van der Waals surface area contributed by atoms with Crippen molar-refractivity contribution in [3.8, 4) is 79.7 Å². The van der Waals surface area contributed by atoms with Gasteiger partial charge in [-0.15, -0.1) is 0 Å². The van der Waals surface area contributed by atoms with E-state index in [0.717, 1.165) is 88.2 Å². The second-order valence-corrected chi connectivity index (χ2v) is 16.8. The summed E-state index contributed by atoms with van der Waals surface area (Å²) in [6, 6.07) is 79.4. The van der Waals surface area contributed by atoms with E-state index in [1.807, 2.05) is 97.1 Å². The van der Waals surface area contributed by atoms with Gasteiger partial charge in [-0.25, -0.2) is 19.9 Å². The maximum Gasteiger partial charge on any atom is 0.238 e. The van der Waals surface area contributed by atoms with Crippen LogP contribution >= 0.6 is 0 Å². The fraction of sp³-hybridized carbons (Fsp3) is 0. The highest BCUT2D eigenvalue weighted by Crippen LogP contribution is 2.40. The van der Waals surface area contributed by atoms with Crippen LogP contribution in [0.25, 0.3) is 123 Å². The molecule has 0 N–H and O–H groups in total. The van der Waals surface area contributed by atoms with Gasteiger partial charge < -0.3 is 4.57 Å². The molecule has 4 heterocycles. The molecule has 13 rings (SSSR count). The molecule has 0 radical (unpaired) electrons. The van der Waals surface area contributed by atoms with Crippen molar-refractivity contribution in [3.05, 3.63) is 231 Å². The number of rotatable bonds is 8. The molecule has 0 unspecified atom stereocenters. The predicted molar refractivity (Wildman–Crippen MR) is 275 cm³/mol. The largest absolute Gasteiger partial charge is 0.309 e. The SMILES string of the molecule is c1ccc(-c2ccc(-c3nc(-c4ccccc4)nc(-c4cccc(-n5c6ccccc6c6cc7c(cc65)c5ccccc5n7-c5nc(-c6ccccc6)nc(-c6ccccc6)n5)c4)n3)cc2)cc1. The number of hydrogen-bond donors (Lipinski definition) is 0. The van der Waals surface area contributed by atoms with E-state index in [2.05, 4.69) is 143 Å². The lowest BCUT2D eigenvalue weighted by molar-refractivity contribution is 0.954. The molecule has 0 aliphatic carbocycles. The van der Waals surface area contributed by atoms with Crippen molar-refractivity contribution in [2.24, 2.45) is 0 Å². The lowest BCUT2D eigenvalue weighted by Crippen LogP contribution is -2.06. The average molecular weight is 871 g/mol. The summed E-state index contributed by atoms with van der Waals surface area (Å²) in [7, 11) is 0. The molecule has 0 fully saturated rings. The Bertz CT molecular complexity index is 3940. The number of aromatic nitrogens is 8. The quantitative estimate of drug-likeness (QED) is 0.151. The minimum absolute atomic E-state index is 0.554. The fourth-order valence-electron chi connectivity index (χ4n) is 9.40. The Morgan fingerprint density at radius 2 is 0.574 bits per heavy atom. The van der Waals surface area contributed by atoms with Crippen LogP contribution in [0.2, 0.25) is 0 Å². The van der Waals surface area contributed by atoms with Gasteiger partial charge in [-0.2, -0.15) is 9.97 Å². The molecule has 0 atom stereocenters. The summed E-state index contributed by atoms with van der Waals surface area (Å²) in [6.45, 7) is 0. The van der Waals surface area contributed by atoms with Crippen molar-refractivity contribution in [1.29, 1.82) is 0 Å². The summed E-state index contributed by atoms with van der Waals surface area (Å²) in [5.74, 6) is 3.60. The van der Waals surface area contributed by atoms with Gasteiger partial charge in [0.05, 0.1) is 22.1 Å². The van der Waals surface area contributed by atoms with Gasteiger partial charge in [0, 0.05) is 55.0 Å². The van der Waals surface area contributed by atoms with Crippen molar-refractivity contribution in [3.63, 3.8) is 0 Å². The first kappa shape index (κ1) is 39.0. The van der Waals surface area contributed by atoms with Crippen LogP contribution in [0.3, 0.4) is 0 Å². The van der Waals surface area contributed by atoms with Gasteiger partial charge >= 0.3 is 0 Å². The summed E-state index contributed by atoms with van der Waals surface area (Å²) in [5, 5.41) is 4.42. The lowest BCUT2D eigenvalue weighted by atomic mass is 10.0. The summed E-state index contributed by atoms with van der Waals surface area (Å²) in [4.78, 5) is 30.7. The zero-order valence-electron chi connectivity index (χ0n) is 36.5. The van der Waals surface area contributed by atoms with Crippen LogP contribution in [0.4, 0.5) is 0 Å². The molecule has 0 saturated heterocycles. The minimum atomic E-state index is 0.554. The smallest absolute Gasteiger partial charge is 0.238 e. The van der Waals surface area contributed by atoms with Crippen LogP contribution < -0.4 is 0 Å². The zero-order valence-corrected chi connectivity index (χ0v) is 36.5. The molecular formula is C60H38N8. The maximum absolute atomic E-state index is 5.19. The van der Waals surface area contributed by atoms with Crippen LogP contribution in [0.1, 0.15) is 0 Å². The predicted octanol–water partition coefficient (Wildman–Crippen LogP) is 14.3. The van der Waals surface area contributed by atoms with Crippen molar-refractivity contribution < 1.29 is 0 Å². The summed E-state index contributed by atoms with van der Waals surface area (Å²) in [5.41, 5.74) is 12.0. The second kappa shape index (κ2) is 16.2. The third kappa shape index (κ3) is 6.78. The van der Waals surface area contributed by atoms with E-state index in [4.69, 9.17) is 29.9 Å². The first-order valence-corrected chi connectivity index (χ1v) is 22.6. The van der Waals surface area contributed by atoms with Gasteiger partial charge in [0.25, 0.3) is 0 Å². The van der Waals surface area contributed by atoms with E-state index in [0.29, 0.717) is 35.1 Å². The molecule has 8 heteroatoms. The van der Waals surface area contributed by atoms with E-state index < -0.39 is 0 Å². The Hall–Kier alpha value is -9.40. The van der Waals surface area contributed by atoms with Gasteiger partial charge in [-0.05, 0) is 47.5 Å². The molecule has 13 aromatic rings. The van der Waals surface area contributed by atoms with Crippen LogP contribution in [-0.4, -0.2) is 39.0 Å². The highest BCUT2D eigenvalue weighted by atomic mass is 15.2. The molecule has 8 nitrogen and oxygen atoms in total. The molecule has 0 spiro atoms. The molecule has 4 aromatic heterocycles. The van der Waals surface area contributed by atoms with Gasteiger partial charge in [0.2, 0.25) is 5.95 Å². The normalized spacial score (nSPS) is 11.5. The lowest BCUT2D eigenvalue weighted by Gasteiger charge is -2.12. The molecule has 9 aromatic carbocycles. The standard InChI is InChI=1S/C60H38N8/c1-5-18-39(19-6-1)40-32-34-44(35-33-40)56-61-55(41-20-7-2-8-21-41)62-59(63-56)45-26-17-27-46(36-45)67-51-30-15-13-28-47(51)49-38-54-50(37-53(49)67)48-29-14-16-31-52(48)68(54)60-65-57(42-22-9-3-10-23-42)64-58(66-60)43-24-11-4-12-25-43/h1-38H. The highest BCUT2D eigenvalue weighted by Gasteiger charge is 2.22. The van der Waals surface area contributed by atoms with Crippen molar-refractivity contribution in [2.45, 2.75) is 0 Å². The molecule has 0 amide bonds. The molecular weight excluding hydrogens is 833 g/mol. The van der Waals surface area contributed by atoms with Crippen molar-refractivity contribution in [2.75, 3.05) is 0 Å². The minimum Gasteiger partial charge on any atom is -0.309 e. The van der Waals surface area contributed by atoms with Crippen LogP contribution in [0, 0.1) is 0 Å². The van der Waals surface area contributed by atoms with Crippen molar-refractivity contribution >= 4 is 43.6 Å². The van der Waals surface area contributed by atoms with Gasteiger partial charge in [-0.3, -0.25) is 4.57 Å². The Labute approximate surface area is 391 Å². The molecule has 318 valence electrons. The Kier molecular flexibility index (Phi) is 9.31. The van der Waals surface area contributed by atoms with E-state index in [9.17, 15) is 0 Å². The fourth-order valence-corrected chi connectivity index (χ4v) is 9.40. The van der Waals surface area contributed by atoms with Crippen LogP contribution in [0.15, 0.2) is 231 Å². The Morgan fingerprint density at radius 3 is 1.09 bits per heavy atom. The van der Waals surface area contributed by atoms with E-state index >= 15 is 0 Å². The molecule has 0 aliphatic rings. The number of fused-ring (bicyclic) bond motifs is 6. The number of hydrogen-bond acceptors (Lipinski definition) is 6. The third-order valence-electron chi connectivity index (χ3n) is 12.6. The topological polar surface area (TPSA) is 87.2 Å². The summed E-state index contributed by atoms with van der Waals surface area (Å²) < 4.78 is 4.54. The number of para-hydroxylation sites is 2. The summed E-state index contributed by atoms with van der Waals surface area (Å²) >= 11 is 0. The number of nitrogens with zero attached hydrogens (tertiary/aromatic N) is 8. The van der Waals surface area contributed by atoms with E-state index in [-0.39, 0.29) is 0 Å². The van der Waals surface area contributed by atoms with E-state index in [1.165, 1.54) is 0 Å². The first-order chi connectivity index (χ1) is 33.7. The third-order valence-corrected chi connectivity index (χ3v) is 12.6. The van der Waals surface area contributed by atoms with E-state index in [1.54, 1.807) is 0 Å². The monoisotopic (exact) mass is 870 g/mol. The Balaban J connectivity index is 0.990. The molecule has 0 bridgehead atoms. The zero-order chi connectivity index (χ0) is 45.0. The average Bonchev–Trinajstić information content (AvgIpc) is 3.93. The Morgan fingerprint density at radius 1 is 0.221 bits per heavy atom. The second-order valence-electron chi connectivity index (χ2n) is 16.8. The maximum atomic E-state index is 5.19. The van der Waals surface area contributed by atoms with Crippen LogP contribution in [-0.2, 0) is 0 Å².